The van der Waals surface area contributed by atoms with Crippen LogP contribution in [0, 0.1) is 11.8 Å². The number of aliphatic hydroxyl groups is 1. The molecule has 1 heteroatoms. The minimum Gasteiger partial charge on any atom is -0.385 e. The highest BCUT2D eigenvalue weighted by Gasteiger charge is 2.51. The van der Waals surface area contributed by atoms with Gasteiger partial charge in [0, 0.05) is 0 Å². The van der Waals surface area contributed by atoms with Crippen molar-refractivity contribution in [3.8, 4) is 0 Å². The fourth-order valence-corrected chi connectivity index (χ4v) is 4.10. The first-order valence-electron chi connectivity index (χ1n) is 6.71. The minimum absolute atomic E-state index is 0.368. The molecule has 2 saturated carbocycles. The van der Waals surface area contributed by atoms with Gasteiger partial charge in [0.2, 0.25) is 0 Å². The zero-order valence-corrected chi connectivity index (χ0v) is 9.54. The molecule has 0 aromatic carbocycles. The van der Waals surface area contributed by atoms with Gasteiger partial charge in [-0.25, -0.2) is 0 Å². The third-order valence-electron chi connectivity index (χ3n) is 4.91. The van der Waals surface area contributed by atoms with Crippen molar-refractivity contribution in [3.63, 3.8) is 0 Å². The van der Waals surface area contributed by atoms with E-state index in [4.69, 9.17) is 0 Å². The standard InChI is InChI=1S/C14H22O/c15-14(10-11-7-8-13(14)9-11)12-5-3-1-2-4-6-12/h5,11,13,15H,1-4,6-10H2. The molecule has 0 heterocycles. The molecule has 2 fully saturated rings. The molecule has 1 N–H and O–H groups in total. The van der Waals surface area contributed by atoms with Crippen LogP contribution in [0.2, 0.25) is 0 Å². The molecule has 3 unspecified atom stereocenters. The molecule has 84 valence electrons. The summed E-state index contributed by atoms with van der Waals surface area (Å²) in [5.41, 5.74) is 1.04. The quantitative estimate of drug-likeness (QED) is 0.652. The third kappa shape index (κ3) is 1.56. The van der Waals surface area contributed by atoms with Crippen molar-refractivity contribution in [2.45, 2.75) is 63.4 Å². The minimum atomic E-state index is -0.368. The highest BCUT2D eigenvalue weighted by atomic mass is 16.3. The van der Waals surface area contributed by atoms with Gasteiger partial charge in [-0.05, 0) is 68.8 Å². The Hall–Kier alpha value is -0.300. The highest BCUT2D eigenvalue weighted by molar-refractivity contribution is 5.24. The molecule has 2 bridgehead atoms. The Morgan fingerprint density at radius 3 is 2.87 bits per heavy atom. The molecule has 0 aliphatic heterocycles. The normalized spacial score (nSPS) is 45.3. The molecule has 3 atom stereocenters. The van der Waals surface area contributed by atoms with Crippen LogP contribution < -0.4 is 0 Å². The first-order chi connectivity index (χ1) is 7.29. The molecule has 15 heavy (non-hydrogen) atoms. The van der Waals surface area contributed by atoms with Crippen molar-refractivity contribution < 1.29 is 5.11 Å². The van der Waals surface area contributed by atoms with Crippen LogP contribution >= 0.6 is 0 Å². The molecule has 0 spiro atoms. The van der Waals surface area contributed by atoms with Crippen molar-refractivity contribution in [2.24, 2.45) is 11.8 Å². The van der Waals surface area contributed by atoms with Crippen LogP contribution in [-0.2, 0) is 0 Å². The van der Waals surface area contributed by atoms with E-state index in [0.29, 0.717) is 5.92 Å². The van der Waals surface area contributed by atoms with Crippen LogP contribution in [0.15, 0.2) is 11.6 Å². The Bertz CT molecular complexity index is 281. The summed E-state index contributed by atoms with van der Waals surface area (Å²) >= 11 is 0. The van der Waals surface area contributed by atoms with E-state index in [1.165, 1.54) is 56.9 Å². The smallest absolute Gasteiger partial charge is 0.0887 e. The number of hydrogen-bond donors (Lipinski definition) is 1. The SMILES string of the molecule is OC1(C2=CCCCCC2)CC2CCC1C2. The van der Waals surface area contributed by atoms with E-state index in [-0.39, 0.29) is 5.60 Å². The topological polar surface area (TPSA) is 20.2 Å². The van der Waals surface area contributed by atoms with Crippen molar-refractivity contribution in [2.75, 3.05) is 0 Å². The zero-order chi connectivity index (χ0) is 10.3. The van der Waals surface area contributed by atoms with Gasteiger partial charge in [0.15, 0.2) is 0 Å². The van der Waals surface area contributed by atoms with Gasteiger partial charge in [0.1, 0.15) is 0 Å². The third-order valence-corrected chi connectivity index (χ3v) is 4.91. The number of rotatable bonds is 1. The van der Waals surface area contributed by atoms with Crippen LogP contribution in [0.25, 0.3) is 0 Å². The lowest BCUT2D eigenvalue weighted by Crippen LogP contribution is -2.37. The van der Waals surface area contributed by atoms with E-state index in [1.807, 2.05) is 0 Å². The molecule has 0 aromatic heterocycles. The van der Waals surface area contributed by atoms with Crippen molar-refractivity contribution in [1.82, 2.24) is 0 Å². The van der Waals surface area contributed by atoms with Crippen molar-refractivity contribution >= 4 is 0 Å². The first-order valence-corrected chi connectivity index (χ1v) is 6.71. The Morgan fingerprint density at radius 2 is 2.13 bits per heavy atom. The van der Waals surface area contributed by atoms with Crippen LogP contribution in [0.1, 0.15) is 57.8 Å². The number of hydrogen-bond acceptors (Lipinski definition) is 1. The van der Waals surface area contributed by atoms with E-state index >= 15 is 0 Å². The average molecular weight is 206 g/mol. The van der Waals surface area contributed by atoms with Crippen molar-refractivity contribution in [1.29, 1.82) is 0 Å². The molecule has 0 saturated heterocycles. The van der Waals surface area contributed by atoms with Gasteiger partial charge in [-0.3, -0.25) is 0 Å². The van der Waals surface area contributed by atoms with Gasteiger partial charge in [-0.2, -0.15) is 0 Å². The van der Waals surface area contributed by atoms with Gasteiger partial charge in [-0.15, -0.1) is 0 Å². The monoisotopic (exact) mass is 206 g/mol. The summed E-state index contributed by atoms with van der Waals surface area (Å²) < 4.78 is 0. The molecule has 3 aliphatic carbocycles. The second-order valence-corrected chi connectivity index (χ2v) is 5.83. The van der Waals surface area contributed by atoms with E-state index < -0.39 is 0 Å². The molecule has 0 aromatic rings. The highest BCUT2D eigenvalue weighted by Crippen LogP contribution is 2.54. The van der Waals surface area contributed by atoms with E-state index in [0.717, 1.165) is 12.3 Å². The molecule has 3 rings (SSSR count). The van der Waals surface area contributed by atoms with Gasteiger partial charge in [-0.1, -0.05) is 12.5 Å². The Balaban J connectivity index is 1.82. The zero-order valence-electron chi connectivity index (χ0n) is 9.54. The first kappa shape index (κ1) is 9.89. The predicted octanol–water partition coefficient (Wildman–Crippen LogP) is 3.43. The molecular weight excluding hydrogens is 184 g/mol. The van der Waals surface area contributed by atoms with Crippen LogP contribution in [-0.4, -0.2) is 10.7 Å². The summed E-state index contributed by atoms with van der Waals surface area (Å²) in [5.74, 6) is 1.44. The molecule has 1 nitrogen and oxygen atoms in total. The molecule has 0 radical (unpaired) electrons. The fraction of sp³-hybridized carbons (Fsp3) is 0.857. The maximum Gasteiger partial charge on any atom is 0.0887 e. The van der Waals surface area contributed by atoms with E-state index in [1.54, 1.807) is 0 Å². The largest absolute Gasteiger partial charge is 0.385 e. The van der Waals surface area contributed by atoms with Gasteiger partial charge in [0.25, 0.3) is 0 Å². The maximum atomic E-state index is 10.9. The number of fused-ring (bicyclic) bond motifs is 2. The van der Waals surface area contributed by atoms with Gasteiger partial charge < -0.3 is 5.11 Å². The molecule has 0 amide bonds. The molecule has 3 aliphatic rings. The van der Waals surface area contributed by atoms with Gasteiger partial charge >= 0.3 is 0 Å². The van der Waals surface area contributed by atoms with Crippen LogP contribution in [0.5, 0.6) is 0 Å². The summed E-state index contributed by atoms with van der Waals surface area (Å²) in [6.45, 7) is 0. The Kier molecular flexibility index (Phi) is 2.39. The summed E-state index contributed by atoms with van der Waals surface area (Å²) in [6, 6.07) is 0. The Morgan fingerprint density at radius 1 is 1.20 bits per heavy atom. The van der Waals surface area contributed by atoms with Crippen LogP contribution in [0.3, 0.4) is 0 Å². The lowest BCUT2D eigenvalue weighted by atomic mass is 9.77. The average Bonchev–Trinajstić information content (AvgIpc) is 2.69. The maximum absolute atomic E-state index is 10.9. The summed E-state index contributed by atoms with van der Waals surface area (Å²) in [5, 5.41) is 10.9. The summed E-state index contributed by atoms with van der Waals surface area (Å²) in [4.78, 5) is 0. The summed E-state index contributed by atoms with van der Waals surface area (Å²) in [6.07, 6.45) is 13.7. The van der Waals surface area contributed by atoms with E-state index in [2.05, 4.69) is 6.08 Å². The van der Waals surface area contributed by atoms with Crippen LogP contribution in [0.4, 0.5) is 0 Å². The van der Waals surface area contributed by atoms with E-state index in [9.17, 15) is 5.11 Å². The van der Waals surface area contributed by atoms with Gasteiger partial charge in [0.05, 0.1) is 5.60 Å². The number of allylic oxidation sites excluding steroid dienone is 1. The Labute approximate surface area is 92.6 Å². The second-order valence-electron chi connectivity index (χ2n) is 5.83. The predicted molar refractivity (Wildman–Crippen MR) is 61.6 cm³/mol. The summed E-state index contributed by atoms with van der Waals surface area (Å²) in [7, 11) is 0. The molecular formula is C14H22O. The fourth-order valence-electron chi connectivity index (χ4n) is 4.10. The lowest BCUT2D eigenvalue weighted by Gasteiger charge is -2.35. The second kappa shape index (κ2) is 3.62. The lowest BCUT2D eigenvalue weighted by molar-refractivity contribution is 0.0192. The van der Waals surface area contributed by atoms with Crippen molar-refractivity contribution in [3.05, 3.63) is 11.6 Å².